The zero-order chi connectivity index (χ0) is 27.9. The predicted molar refractivity (Wildman–Crippen MR) is 140 cm³/mol. The summed E-state index contributed by atoms with van der Waals surface area (Å²) in [5.74, 6) is -0.263. The Morgan fingerprint density at radius 1 is 1.18 bits per heavy atom. The normalized spacial score (nSPS) is 17.9. The van der Waals surface area contributed by atoms with E-state index in [0.29, 0.717) is 5.56 Å². The zero-order valence-corrected chi connectivity index (χ0v) is 22.8. The minimum Gasteiger partial charge on any atom is -0.699 e. The van der Waals surface area contributed by atoms with Crippen molar-refractivity contribution in [2.24, 2.45) is 0 Å². The van der Waals surface area contributed by atoms with Crippen LogP contribution in [0.1, 0.15) is 40.6 Å². The maximum Gasteiger partial charge on any atom is 0.573 e. The molecule has 1 aliphatic rings. The number of nitrogens with zero attached hydrogens (tertiary/aromatic N) is 1. The van der Waals surface area contributed by atoms with Crippen molar-refractivity contribution in [3.63, 3.8) is 0 Å². The fourth-order valence-electron chi connectivity index (χ4n) is 3.92. The highest BCUT2D eigenvalue weighted by Gasteiger charge is 2.32. The maximum atomic E-state index is 12.6. The molecule has 1 fully saturated rings. The lowest BCUT2D eigenvalue weighted by Crippen LogP contribution is -2.45. The third-order valence-electron chi connectivity index (χ3n) is 5.90. The van der Waals surface area contributed by atoms with Crippen molar-refractivity contribution in [2.75, 3.05) is 13.7 Å². The number of ether oxygens (including phenoxy) is 1. The topological polar surface area (TPSA) is 113 Å². The molecule has 1 saturated heterocycles. The van der Waals surface area contributed by atoms with E-state index in [0.717, 1.165) is 54.0 Å². The van der Waals surface area contributed by atoms with E-state index in [1.54, 1.807) is 6.92 Å². The Hall–Kier alpha value is -2.71. The van der Waals surface area contributed by atoms with Gasteiger partial charge in [0.25, 0.3) is 0 Å². The van der Waals surface area contributed by atoms with Crippen molar-refractivity contribution in [1.82, 2.24) is 15.6 Å². The highest BCUT2D eigenvalue weighted by molar-refractivity contribution is 7.88. The number of thiazole rings is 1. The number of nitrogens with one attached hydrogen (secondary N) is 3. The van der Waals surface area contributed by atoms with Crippen molar-refractivity contribution in [3.05, 3.63) is 76.0 Å². The summed E-state index contributed by atoms with van der Waals surface area (Å²) in [7, 11) is -2.47. The van der Waals surface area contributed by atoms with Gasteiger partial charge >= 0.3 is 16.5 Å². The molecule has 0 spiro atoms. The van der Waals surface area contributed by atoms with Gasteiger partial charge in [-0.1, -0.05) is 42.5 Å². The Bertz CT molecular complexity index is 1280. The molecule has 0 unspecified atom stereocenters. The van der Waals surface area contributed by atoms with Crippen LogP contribution in [0, 0.1) is 13.8 Å². The second-order valence-corrected chi connectivity index (χ2v) is 11.7. The fourth-order valence-corrected chi connectivity index (χ4v) is 5.94. The molecule has 2 aromatic carbocycles. The average molecular weight is 572 g/mol. The number of rotatable bonds is 7. The van der Waals surface area contributed by atoms with Gasteiger partial charge in [-0.3, -0.25) is 4.18 Å². The van der Waals surface area contributed by atoms with Crippen LogP contribution >= 0.6 is 11.3 Å². The maximum absolute atomic E-state index is 12.6. The molecule has 0 aliphatic carbocycles. The Morgan fingerprint density at radius 2 is 1.89 bits per heavy atom. The molecule has 0 amide bonds. The molecule has 13 heteroatoms. The smallest absolute Gasteiger partial charge is 0.573 e. The monoisotopic (exact) mass is 571 g/mol. The van der Waals surface area contributed by atoms with E-state index in [-0.39, 0.29) is 34.4 Å². The van der Waals surface area contributed by atoms with E-state index in [2.05, 4.69) is 24.5 Å². The van der Waals surface area contributed by atoms with Crippen LogP contribution in [-0.4, -0.2) is 39.5 Å². The number of piperidine rings is 1. The Balaban J connectivity index is 0.000000279. The number of aryl methyl sites for hydroxylation is 2. The van der Waals surface area contributed by atoms with Crippen LogP contribution in [0.25, 0.3) is 5.73 Å². The molecule has 3 aromatic rings. The van der Waals surface area contributed by atoms with Gasteiger partial charge in [-0.05, 0) is 44.9 Å². The van der Waals surface area contributed by atoms with Crippen LogP contribution in [-0.2, 0) is 20.8 Å². The second kappa shape index (κ2) is 12.9. The number of hydrogen-bond donors (Lipinski definition) is 2. The summed E-state index contributed by atoms with van der Waals surface area (Å²) in [5, 5.41) is 6.82. The van der Waals surface area contributed by atoms with Gasteiger partial charge in [0, 0.05) is 29.1 Å². The van der Waals surface area contributed by atoms with Gasteiger partial charge in [0.05, 0.1) is 12.8 Å². The molecule has 38 heavy (non-hydrogen) atoms. The number of hydrogen-bond acceptors (Lipinski definition) is 8. The molecule has 2 heterocycles. The van der Waals surface area contributed by atoms with E-state index in [1.807, 2.05) is 37.3 Å². The number of aromatic nitrogens is 1. The number of benzene rings is 2. The molecule has 8 nitrogen and oxygen atoms in total. The number of halogens is 3. The summed E-state index contributed by atoms with van der Waals surface area (Å²) in [5.41, 5.74) is 10.0. The molecule has 1 aliphatic heterocycles. The third-order valence-corrected chi connectivity index (χ3v) is 8.59. The van der Waals surface area contributed by atoms with Gasteiger partial charge in [-0.15, -0.1) is 30.2 Å². The van der Waals surface area contributed by atoms with Gasteiger partial charge in [0.2, 0.25) is 4.34 Å². The van der Waals surface area contributed by atoms with E-state index >= 15 is 0 Å². The summed E-state index contributed by atoms with van der Waals surface area (Å²) in [6, 6.07) is 14.1. The van der Waals surface area contributed by atoms with Gasteiger partial charge in [0.1, 0.15) is 5.75 Å². The van der Waals surface area contributed by atoms with Crippen molar-refractivity contribution >= 4 is 27.1 Å². The Kier molecular flexibility index (Phi) is 10.1. The lowest BCUT2D eigenvalue weighted by atomic mass is 9.92. The Labute approximate surface area is 224 Å². The number of alkyl halides is 3. The van der Waals surface area contributed by atoms with Gasteiger partial charge in [-0.2, -0.15) is 8.42 Å². The van der Waals surface area contributed by atoms with Crippen molar-refractivity contribution < 1.29 is 30.5 Å². The minimum absolute atomic E-state index is 0.0278. The third kappa shape index (κ3) is 8.40. The molecule has 4 rings (SSSR count). The summed E-state index contributed by atoms with van der Waals surface area (Å²) >= 11 is 1.12. The molecule has 3 N–H and O–H groups in total. The van der Waals surface area contributed by atoms with Crippen LogP contribution in [0.2, 0.25) is 0 Å². The fraction of sp³-hybridized carbons (Fsp3) is 0.400. The largest absolute Gasteiger partial charge is 0.699 e. The van der Waals surface area contributed by atoms with Gasteiger partial charge < -0.3 is 21.1 Å². The first-order valence-corrected chi connectivity index (χ1v) is 14.0. The van der Waals surface area contributed by atoms with Crippen LogP contribution < -0.4 is 15.4 Å². The van der Waals surface area contributed by atoms with Crippen molar-refractivity contribution in [1.29, 1.82) is 0 Å². The van der Waals surface area contributed by atoms with E-state index in [4.69, 9.17) is 5.73 Å². The molecule has 0 saturated carbocycles. The average Bonchev–Trinajstić information content (AvgIpc) is 3.23. The van der Waals surface area contributed by atoms with Crippen molar-refractivity contribution in [2.45, 2.75) is 56.0 Å². The summed E-state index contributed by atoms with van der Waals surface area (Å²) in [6.07, 6.45) is -2.84. The van der Waals surface area contributed by atoms with E-state index in [1.165, 1.54) is 18.2 Å². The van der Waals surface area contributed by atoms with E-state index < -0.39 is 16.5 Å². The molecule has 0 bridgehead atoms. The first-order chi connectivity index (χ1) is 17.9. The molecular formula is C25H30F3N4O4S2-. The van der Waals surface area contributed by atoms with Gasteiger partial charge in [0.15, 0.2) is 0 Å². The summed E-state index contributed by atoms with van der Waals surface area (Å²) in [4.78, 5) is 4.75. The van der Waals surface area contributed by atoms with Gasteiger partial charge in [-0.25, -0.2) is 4.98 Å². The first-order valence-electron chi connectivity index (χ1n) is 11.8. The second-order valence-electron chi connectivity index (χ2n) is 8.58. The van der Waals surface area contributed by atoms with Crippen LogP contribution in [0.5, 0.6) is 5.75 Å². The van der Waals surface area contributed by atoms with Crippen LogP contribution in [0.15, 0.2) is 52.9 Å². The SMILES string of the molecule is COS(=O)(=O)c1nc(C)c(C)s1.[NH-]c1ccc(OC(F)(F)F)c(CN[C@H]2CCCN[C@H]2c2ccccc2)c1. The molecule has 2 atom stereocenters. The predicted octanol–water partition coefficient (Wildman–Crippen LogP) is 5.95. The minimum atomic E-state index is -4.75. The summed E-state index contributed by atoms with van der Waals surface area (Å²) in [6.45, 7) is 4.69. The summed E-state index contributed by atoms with van der Waals surface area (Å²) < 4.78 is 68.4. The van der Waals surface area contributed by atoms with Crippen LogP contribution in [0.3, 0.4) is 0 Å². The Morgan fingerprint density at radius 3 is 2.50 bits per heavy atom. The standard InChI is InChI=1S/C19H21F3N3O.C6H9NO3S2/c20-19(21,22)26-17-9-8-15(23)11-14(17)12-25-16-7-4-10-24-18(16)13-5-2-1-3-6-13;1-4-5(2)11-6(7-4)12(8,9)10-3/h1-3,5-6,8-9,11,16,18,23-25H,4,7,10,12H2;1-3H3/q-1;/t16-,18-;/m0./s1. The molecule has 1 aromatic heterocycles. The van der Waals surface area contributed by atoms with E-state index in [9.17, 15) is 21.6 Å². The quantitative estimate of drug-likeness (QED) is 0.337. The van der Waals surface area contributed by atoms with Crippen LogP contribution in [0.4, 0.5) is 18.9 Å². The zero-order valence-electron chi connectivity index (χ0n) is 21.1. The molecular weight excluding hydrogens is 541 g/mol. The highest BCUT2D eigenvalue weighted by Crippen LogP contribution is 2.30. The highest BCUT2D eigenvalue weighted by atomic mass is 32.3. The van der Waals surface area contributed by atoms with Crippen molar-refractivity contribution in [3.8, 4) is 5.75 Å². The first kappa shape index (κ1) is 29.8. The lowest BCUT2D eigenvalue weighted by Gasteiger charge is -2.34. The lowest BCUT2D eigenvalue weighted by molar-refractivity contribution is -0.274. The molecule has 0 radical (unpaired) electrons. The molecule has 208 valence electrons.